The number of carbonyl (C=O) groups is 1. The van der Waals surface area contributed by atoms with Crippen molar-refractivity contribution in [3.05, 3.63) is 64.2 Å². The van der Waals surface area contributed by atoms with Gasteiger partial charge in [0.1, 0.15) is 17.9 Å². The lowest BCUT2D eigenvalue weighted by molar-refractivity contribution is -0.117. The molecule has 0 aliphatic rings. The van der Waals surface area contributed by atoms with E-state index in [4.69, 9.17) is 11.6 Å². The van der Waals surface area contributed by atoms with E-state index in [2.05, 4.69) is 22.3 Å². The fourth-order valence-corrected chi connectivity index (χ4v) is 3.44. The average molecular weight is 396 g/mol. The quantitative estimate of drug-likeness (QED) is 0.561. The van der Waals surface area contributed by atoms with Gasteiger partial charge in [0.2, 0.25) is 5.91 Å². The number of hydrogen-bond donors (Lipinski definition) is 1. The van der Waals surface area contributed by atoms with Gasteiger partial charge in [0.15, 0.2) is 0 Å². The van der Waals surface area contributed by atoms with E-state index in [-0.39, 0.29) is 18.0 Å². The van der Waals surface area contributed by atoms with E-state index in [1.165, 1.54) is 10.9 Å². The number of carbonyl (C=O) groups excluding carboxylic acids is 1. The Hall–Kier alpha value is -3.19. The second-order valence-electron chi connectivity index (χ2n) is 6.45. The van der Waals surface area contributed by atoms with Crippen LogP contribution < -0.4 is 10.9 Å². The standard InChI is InChI=1S/C20H18ClN5O2/c1-2-9-25-16-6-4-3-5-14(16)15-11-23-26(20(28)19(15)25)12-18(27)24-17-8-7-13(21)10-22-17/h3-8,10-11H,2,9,12H2,1H3,(H,22,24,27). The molecule has 8 heteroatoms. The van der Waals surface area contributed by atoms with Gasteiger partial charge in [0.05, 0.1) is 11.2 Å². The Kier molecular flexibility index (Phi) is 4.83. The SMILES string of the molecule is CCCn1c2ccccc2c2cnn(CC(=O)Nc3ccc(Cl)cn3)c(=O)c21. The third kappa shape index (κ3) is 3.25. The molecule has 0 spiro atoms. The van der Waals surface area contributed by atoms with Crippen LogP contribution in [0.1, 0.15) is 13.3 Å². The monoisotopic (exact) mass is 395 g/mol. The van der Waals surface area contributed by atoms with Gasteiger partial charge >= 0.3 is 0 Å². The predicted molar refractivity (Wildman–Crippen MR) is 110 cm³/mol. The molecule has 4 rings (SSSR count). The summed E-state index contributed by atoms with van der Waals surface area (Å²) in [6.07, 6.45) is 3.98. The van der Waals surface area contributed by atoms with Crippen LogP contribution in [0.25, 0.3) is 21.8 Å². The van der Waals surface area contributed by atoms with Crippen molar-refractivity contribution in [2.45, 2.75) is 26.4 Å². The number of pyridine rings is 1. The molecule has 0 saturated carbocycles. The van der Waals surface area contributed by atoms with Gasteiger partial charge < -0.3 is 9.88 Å². The second-order valence-corrected chi connectivity index (χ2v) is 6.88. The zero-order valence-corrected chi connectivity index (χ0v) is 16.0. The third-order valence-electron chi connectivity index (χ3n) is 4.51. The molecule has 142 valence electrons. The first-order valence-corrected chi connectivity index (χ1v) is 9.34. The third-order valence-corrected chi connectivity index (χ3v) is 4.73. The topological polar surface area (TPSA) is 81.8 Å². The molecular weight excluding hydrogens is 378 g/mol. The summed E-state index contributed by atoms with van der Waals surface area (Å²) in [5.74, 6) is -0.0226. The molecule has 1 N–H and O–H groups in total. The van der Waals surface area contributed by atoms with Crippen LogP contribution in [0.5, 0.6) is 0 Å². The summed E-state index contributed by atoms with van der Waals surface area (Å²) in [5, 5.41) is 9.12. The van der Waals surface area contributed by atoms with Crippen molar-refractivity contribution < 1.29 is 4.79 Å². The Balaban J connectivity index is 1.72. The molecule has 1 aromatic carbocycles. The summed E-state index contributed by atoms with van der Waals surface area (Å²) in [5.41, 5.74) is 1.27. The summed E-state index contributed by atoms with van der Waals surface area (Å²) in [6.45, 7) is 2.57. The molecule has 0 unspecified atom stereocenters. The molecule has 28 heavy (non-hydrogen) atoms. The molecule has 0 fully saturated rings. The van der Waals surface area contributed by atoms with Crippen molar-refractivity contribution in [1.82, 2.24) is 19.3 Å². The van der Waals surface area contributed by atoms with Crippen molar-refractivity contribution in [3.63, 3.8) is 0 Å². The molecule has 0 saturated heterocycles. The number of fused-ring (bicyclic) bond motifs is 3. The Morgan fingerprint density at radius 3 is 2.71 bits per heavy atom. The lowest BCUT2D eigenvalue weighted by Crippen LogP contribution is -2.30. The first kappa shape index (κ1) is 18.2. The van der Waals surface area contributed by atoms with Crippen LogP contribution in [0.3, 0.4) is 0 Å². The fraction of sp³-hybridized carbons (Fsp3) is 0.200. The Labute approximate surface area is 165 Å². The molecule has 0 aliphatic carbocycles. The van der Waals surface area contributed by atoms with Crippen LogP contribution in [0.15, 0.2) is 53.6 Å². The van der Waals surface area contributed by atoms with Crippen LogP contribution >= 0.6 is 11.6 Å². The van der Waals surface area contributed by atoms with Gasteiger partial charge in [-0.1, -0.05) is 36.7 Å². The van der Waals surface area contributed by atoms with Crippen molar-refractivity contribution >= 4 is 45.1 Å². The maximum atomic E-state index is 13.1. The van der Waals surface area contributed by atoms with Crippen LogP contribution in [0, 0.1) is 0 Å². The highest BCUT2D eigenvalue weighted by Gasteiger charge is 2.16. The molecule has 0 radical (unpaired) electrons. The maximum Gasteiger partial charge on any atom is 0.291 e. The number of nitrogens with zero attached hydrogens (tertiary/aromatic N) is 4. The normalized spacial score (nSPS) is 11.2. The van der Waals surface area contributed by atoms with Crippen LogP contribution in [0.4, 0.5) is 5.82 Å². The Morgan fingerprint density at radius 1 is 1.14 bits per heavy atom. The van der Waals surface area contributed by atoms with Gasteiger partial charge in [-0.05, 0) is 24.6 Å². The van der Waals surface area contributed by atoms with Crippen LogP contribution in [-0.4, -0.2) is 25.2 Å². The smallest absolute Gasteiger partial charge is 0.291 e. The van der Waals surface area contributed by atoms with Gasteiger partial charge in [0.25, 0.3) is 5.56 Å². The van der Waals surface area contributed by atoms with E-state index in [9.17, 15) is 9.59 Å². The summed E-state index contributed by atoms with van der Waals surface area (Å²) >= 11 is 5.80. The number of nitrogens with one attached hydrogen (secondary N) is 1. The first-order valence-electron chi connectivity index (χ1n) is 8.97. The van der Waals surface area contributed by atoms with Crippen molar-refractivity contribution in [2.24, 2.45) is 0 Å². The first-order chi connectivity index (χ1) is 13.6. The van der Waals surface area contributed by atoms with E-state index in [0.717, 1.165) is 22.7 Å². The molecule has 3 heterocycles. The molecule has 0 bridgehead atoms. The second kappa shape index (κ2) is 7.44. The highest BCUT2D eigenvalue weighted by atomic mass is 35.5. The fourth-order valence-electron chi connectivity index (χ4n) is 3.33. The largest absolute Gasteiger partial charge is 0.336 e. The highest BCUT2D eigenvalue weighted by molar-refractivity contribution is 6.30. The number of halogens is 1. The minimum atomic E-state index is -0.387. The summed E-state index contributed by atoms with van der Waals surface area (Å²) in [4.78, 5) is 29.5. The van der Waals surface area contributed by atoms with Crippen molar-refractivity contribution in [3.8, 4) is 0 Å². The number of anilines is 1. The maximum absolute atomic E-state index is 13.1. The summed E-state index contributed by atoms with van der Waals surface area (Å²) < 4.78 is 3.18. The number of aromatic nitrogens is 4. The minimum absolute atomic E-state index is 0.202. The molecule has 7 nitrogen and oxygen atoms in total. The Morgan fingerprint density at radius 2 is 1.96 bits per heavy atom. The van der Waals surface area contributed by atoms with Gasteiger partial charge in [-0.25, -0.2) is 9.67 Å². The lowest BCUT2D eigenvalue weighted by atomic mass is 10.2. The number of benzene rings is 1. The minimum Gasteiger partial charge on any atom is -0.336 e. The number of amides is 1. The number of hydrogen-bond acceptors (Lipinski definition) is 4. The average Bonchev–Trinajstić information content (AvgIpc) is 3.01. The van der Waals surface area contributed by atoms with Gasteiger partial charge in [-0.15, -0.1) is 0 Å². The number of rotatable bonds is 5. The highest BCUT2D eigenvalue weighted by Crippen LogP contribution is 2.26. The van der Waals surface area contributed by atoms with E-state index < -0.39 is 0 Å². The van der Waals surface area contributed by atoms with Crippen molar-refractivity contribution in [1.29, 1.82) is 0 Å². The van der Waals surface area contributed by atoms with E-state index >= 15 is 0 Å². The van der Waals surface area contributed by atoms with E-state index in [1.54, 1.807) is 18.3 Å². The Bertz CT molecular complexity index is 1230. The molecule has 4 aromatic rings. The van der Waals surface area contributed by atoms with Gasteiger partial charge in [-0.2, -0.15) is 5.10 Å². The van der Waals surface area contributed by atoms with Gasteiger partial charge in [-0.3, -0.25) is 9.59 Å². The number of aryl methyl sites for hydroxylation is 1. The van der Waals surface area contributed by atoms with E-state index in [0.29, 0.717) is 22.9 Å². The molecule has 0 aliphatic heterocycles. The van der Waals surface area contributed by atoms with Crippen LogP contribution in [-0.2, 0) is 17.9 Å². The van der Waals surface area contributed by atoms with Crippen LogP contribution in [0.2, 0.25) is 5.02 Å². The van der Waals surface area contributed by atoms with Gasteiger partial charge in [0, 0.05) is 29.0 Å². The molecule has 3 aromatic heterocycles. The van der Waals surface area contributed by atoms with Crippen molar-refractivity contribution in [2.75, 3.05) is 5.32 Å². The molecular formula is C20H18ClN5O2. The van der Waals surface area contributed by atoms with E-state index in [1.807, 2.05) is 28.8 Å². The zero-order valence-electron chi connectivity index (χ0n) is 15.2. The summed E-state index contributed by atoms with van der Waals surface area (Å²) in [6, 6.07) is 11.1. The summed E-state index contributed by atoms with van der Waals surface area (Å²) in [7, 11) is 0. The lowest BCUT2D eigenvalue weighted by Gasteiger charge is -2.08. The zero-order chi connectivity index (χ0) is 19.7. The number of para-hydroxylation sites is 1. The molecule has 0 atom stereocenters. The molecule has 1 amide bonds. The predicted octanol–water partition coefficient (Wildman–Crippen LogP) is 3.45.